The molecule has 2 heterocycles. The molecule has 2 aliphatic rings. The molecule has 0 spiro atoms. The van der Waals surface area contributed by atoms with Gasteiger partial charge in [0.15, 0.2) is 11.5 Å². The highest BCUT2D eigenvalue weighted by molar-refractivity contribution is 6.31. The van der Waals surface area contributed by atoms with Crippen molar-refractivity contribution >= 4 is 23.2 Å². The molecule has 2 aliphatic heterocycles. The third-order valence-electron chi connectivity index (χ3n) is 5.15. The number of nitrogens with zero attached hydrogens (tertiary/aromatic N) is 2. The van der Waals surface area contributed by atoms with Gasteiger partial charge < -0.3 is 14.8 Å². The summed E-state index contributed by atoms with van der Waals surface area (Å²) in [5.74, 6) is 1.63. The lowest BCUT2D eigenvalue weighted by molar-refractivity contribution is -0.117. The van der Waals surface area contributed by atoms with Crippen LogP contribution in [-0.2, 0) is 11.3 Å². The Balaban J connectivity index is 1.25. The number of hydrogen-bond acceptors (Lipinski definition) is 5. The summed E-state index contributed by atoms with van der Waals surface area (Å²) < 4.78 is 10.8. The van der Waals surface area contributed by atoms with Gasteiger partial charge in [-0.25, -0.2) is 0 Å². The van der Waals surface area contributed by atoms with Gasteiger partial charge in [-0.2, -0.15) is 0 Å². The first-order valence-electron chi connectivity index (χ1n) is 9.46. The predicted octanol–water partition coefficient (Wildman–Crippen LogP) is 3.13. The van der Waals surface area contributed by atoms with E-state index in [1.165, 1.54) is 5.56 Å². The Morgan fingerprint density at radius 2 is 1.79 bits per heavy atom. The fourth-order valence-corrected chi connectivity index (χ4v) is 3.70. The highest BCUT2D eigenvalue weighted by atomic mass is 35.5. The minimum absolute atomic E-state index is 0.00501. The summed E-state index contributed by atoms with van der Waals surface area (Å²) in [4.78, 5) is 17.0. The number of anilines is 1. The van der Waals surface area contributed by atoms with Gasteiger partial charge >= 0.3 is 0 Å². The first-order valence-corrected chi connectivity index (χ1v) is 9.84. The Morgan fingerprint density at radius 1 is 1.04 bits per heavy atom. The van der Waals surface area contributed by atoms with Crippen molar-refractivity contribution in [2.75, 3.05) is 44.8 Å². The molecule has 2 aromatic carbocycles. The van der Waals surface area contributed by atoms with Crippen LogP contribution in [-0.4, -0.2) is 55.2 Å². The zero-order chi connectivity index (χ0) is 19.5. The van der Waals surface area contributed by atoms with Crippen LogP contribution in [0.15, 0.2) is 36.4 Å². The topological polar surface area (TPSA) is 54.0 Å². The number of fused-ring (bicyclic) bond motifs is 1. The predicted molar refractivity (Wildman–Crippen MR) is 109 cm³/mol. The maximum absolute atomic E-state index is 12.4. The van der Waals surface area contributed by atoms with Crippen LogP contribution in [0, 0.1) is 6.92 Å². The van der Waals surface area contributed by atoms with Crippen LogP contribution in [0.2, 0.25) is 5.02 Å². The van der Waals surface area contributed by atoms with Crippen molar-refractivity contribution < 1.29 is 14.3 Å². The van der Waals surface area contributed by atoms with Gasteiger partial charge in [0.2, 0.25) is 12.7 Å². The minimum atomic E-state index is -0.00501. The quantitative estimate of drug-likeness (QED) is 0.834. The van der Waals surface area contributed by atoms with Crippen molar-refractivity contribution in [3.8, 4) is 11.5 Å². The summed E-state index contributed by atoms with van der Waals surface area (Å²) in [5, 5.41) is 3.59. The Bertz CT molecular complexity index is 866. The SMILES string of the molecule is Cc1ccc(Cl)cc1NC(=O)CN1CCN(Cc2ccc3c(c2)OCO3)CC1. The lowest BCUT2D eigenvalue weighted by Crippen LogP contribution is -2.48. The number of hydrogen-bond donors (Lipinski definition) is 1. The summed E-state index contributed by atoms with van der Waals surface area (Å²) in [6.07, 6.45) is 0. The van der Waals surface area contributed by atoms with E-state index in [0.717, 1.165) is 55.5 Å². The molecule has 0 saturated carbocycles. The van der Waals surface area contributed by atoms with Gasteiger partial charge in [-0.1, -0.05) is 23.7 Å². The molecule has 0 unspecified atom stereocenters. The monoisotopic (exact) mass is 401 g/mol. The van der Waals surface area contributed by atoms with Crippen LogP contribution in [0.1, 0.15) is 11.1 Å². The molecule has 0 aliphatic carbocycles. The molecule has 1 saturated heterocycles. The van der Waals surface area contributed by atoms with E-state index in [9.17, 15) is 4.79 Å². The Labute approximate surface area is 170 Å². The van der Waals surface area contributed by atoms with E-state index < -0.39 is 0 Å². The molecule has 2 aromatic rings. The molecule has 7 heteroatoms. The maximum atomic E-state index is 12.4. The summed E-state index contributed by atoms with van der Waals surface area (Å²) >= 11 is 6.02. The number of halogens is 1. The summed E-state index contributed by atoms with van der Waals surface area (Å²) in [6, 6.07) is 11.6. The van der Waals surface area contributed by atoms with Crippen molar-refractivity contribution in [2.45, 2.75) is 13.5 Å². The van der Waals surface area contributed by atoms with Gasteiger partial charge in [0.05, 0.1) is 6.54 Å². The number of nitrogens with one attached hydrogen (secondary N) is 1. The van der Waals surface area contributed by atoms with Crippen molar-refractivity contribution in [1.29, 1.82) is 0 Å². The zero-order valence-corrected chi connectivity index (χ0v) is 16.7. The summed E-state index contributed by atoms with van der Waals surface area (Å²) in [7, 11) is 0. The molecule has 1 N–H and O–H groups in total. The lowest BCUT2D eigenvalue weighted by Gasteiger charge is -2.34. The average Bonchev–Trinajstić information content (AvgIpc) is 3.14. The van der Waals surface area contributed by atoms with E-state index in [4.69, 9.17) is 21.1 Å². The molecule has 1 amide bonds. The van der Waals surface area contributed by atoms with E-state index in [-0.39, 0.29) is 5.91 Å². The molecule has 0 atom stereocenters. The Kier molecular flexibility index (Phi) is 5.71. The first-order chi connectivity index (χ1) is 13.6. The molecule has 0 aromatic heterocycles. The van der Waals surface area contributed by atoms with E-state index in [1.54, 1.807) is 6.07 Å². The van der Waals surface area contributed by atoms with Crippen molar-refractivity contribution in [3.05, 3.63) is 52.5 Å². The van der Waals surface area contributed by atoms with Crippen LogP contribution in [0.5, 0.6) is 11.5 Å². The fraction of sp³-hybridized carbons (Fsp3) is 0.381. The number of benzene rings is 2. The number of aryl methyl sites for hydroxylation is 1. The largest absolute Gasteiger partial charge is 0.454 e. The van der Waals surface area contributed by atoms with Crippen LogP contribution in [0.25, 0.3) is 0 Å². The normalized spacial score (nSPS) is 16.9. The van der Waals surface area contributed by atoms with Gasteiger partial charge in [0.25, 0.3) is 0 Å². The average molecular weight is 402 g/mol. The highest BCUT2D eigenvalue weighted by Crippen LogP contribution is 2.32. The fourth-order valence-electron chi connectivity index (χ4n) is 3.52. The third-order valence-corrected chi connectivity index (χ3v) is 5.38. The number of carbonyl (C=O) groups excluding carboxylic acids is 1. The van der Waals surface area contributed by atoms with Gasteiger partial charge in [0, 0.05) is 43.4 Å². The highest BCUT2D eigenvalue weighted by Gasteiger charge is 2.20. The van der Waals surface area contributed by atoms with E-state index in [1.807, 2.05) is 25.1 Å². The molecule has 1 fully saturated rings. The molecular weight excluding hydrogens is 378 g/mol. The molecule has 0 bridgehead atoms. The number of amides is 1. The second-order valence-electron chi connectivity index (χ2n) is 7.25. The second-order valence-corrected chi connectivity index (χ2v) is 7.68. The van der Waals surface area contributed by atoms with Crippen molar-refractivity contribution in [3.63, 3.8) is 0 Å². The smallest absolute Gasteiger partial charge is 0.238 e. The van der Waals surface area contributed by atoms with Crippen LogP contribution in [0.3, 0.4) is 0 Å². The molecule has 4 rings (SSSR count). The second kappa shape index (κ2) is 8.39. The molecule has 28 heavy (non-hydrogen) atoms. The number of piperazine rings is 1. The first kappa shape index (κ1) is 19.1. The van der Waals surface area contributed by atoms with Gasteiger partial charge in [-0.3, -0.25) is 14.6 Å². The van der Waals surface area contributed by atoms with E-state index in [2.05, 4.69) is 27.2 Å². The summed E-state index contributed by atoms with van der Waals surface area (Å²) in [6.45, 7) is 7.12. The van der Waals surface area contributed by atoms with Crippen LogP contribution in [0.4, 0.5) is 5.69 Å². The number of carbonyl (C=O) groups is 1. The number of ether oxygens (including phenoxy) is 2. The van der Waals surface area contributed by atoms with Gasteiger partial charge in [-0.15, -0.1) is 0 Å². The van der Waals surface area contributed by atoms with Crippen molar-refractivity contribution in [1.82, 2.24) is 9.80 Å². The van der Waals surface area contributed by atoms with Gasteiger partial charge in [0.1, 0.15) is 0 Å². The maximum Gasteiger partial charge on any atom is 0.238 e. The molecule has 0 radical (unpaired) electrons. The van der Waals surface area contributed by atoms with E-state index in [0.29, 0.717) is 18.4 Å². The molecule has 148 valence electrons. The Hall–Kier alpha value is -2.28. The Morgan fingerprint density at radius 3 is 2.61 bits per heavy atom. The zero-order valence-electron chi connectivity index (χ0n) is 15.9. The van der Waals surface area contributed by atoms with Crippen LogP contribution < -0.4 is 14.8 Å². The van der Waals surface area contributed by atoms with Crippen molar-refractivity contribution in [2.24, 2.45) is 0 Å². The van der Waals surface area contributed by atoms with Gasteiger partial charge in [-0.05, 0) is 42.3 Å². The number of rotatable bonds is 5. The lowest BCUT2D eigenvalue weighted by atomic mass is 10.1. The van der Waals surface area contributed by atoms with E-state index >= 15 is 0 Å². The minimum Gasteiger partial charge on any atom is -0.454 e. The molecule has 6 nitrogen and oxygen atoms in total. The molecular formula is C21H24ClN3O3. The van der Waals surface area contributed by atoms with Crippen LogP contribution >= 0.6 is 11.6 Å². The standard InChI is InChI=1S/C21H24ClN3O3/c1-15-2-4-17(22)11-18(15)23-21(26)13-25-8-6-24(7-9-25)12-16-3-5-19-20(10-16)28-14-27-19/h2-5,10-11H,6-9,12-14H2,1H3,(H,23,26). The summed E-state index contributed by atoms with van der Waals surface area (Å²) in [5.41, 5.74) is 3.00. The third kappa shape index (κ3) is 4.58.